The molecular formula is C13H11N3OS2. The fraction of sp³-hybridized carbons (Fsp3) is 0.0769. The summed E-state index contributed by atoms with van der Waals surface area (Å²) in [5.74, 6) is -0.130. The maximum Gasteiger partial charge on any atom is 0.267 e. The van der Waals surface area contributed by atoms with E-state index in [2.05, 4.69) is 10.3 Å². The van der Waals surface area contributed by atoms with E-state index < -0.39 is 0 Å². The molecular weight excluding hydrogens is 278 g/mol. The Morgan fingerprint density at radius 1 is 1.37 bits per heavy atom. The van der Waals surface area contributed by atoms with Crippen molar-refractivity contribution in [1.29, 1.82) is 0 Å². The summed E-state index contributed by atoms with van der Waals surface area (Å²) in [7, 11) is 0. The molecule has 1 amide bonds. The van der Waals surface area contributed by atoms with Gasteiger partial charge in [-0.15, -0.1) is 22.7 Å². The fourth-order valence-corrected chi connectivity index (χ4v) is 3.37. The summed E-state index contributed by atoms with van der Waals surface area (Å²) in [6.07, 6.45) is 0. The van der Waals surface area contributed by atoms with E-state index in [0.717, 1.165) is 15.8 Å². The number of nitrogens with one attached hydrogen (secondary N) is 1. The summed E-state index contributed by atoms with van der Waals surface area (Å²) in [6.45, 7) is 1.90. The Balaban J connectivity index is 1.89. The molecule has 0 atom stereocenters. The predicted molar refractivity (Wildman–Crippen MR) is 81.0 cm³/mol. The Kier molecular flexibility index (Phi) is 2.96. The van der Waals surface area contributed by atoms with E-state index >= 15 is 0 Å². The van der Waals surface area contributed by atoms with Crippen LogP contribution in [0.4, 0.5) is 10.8 Å². The van der Waals surface area contributed by atoms with Gasteiger partial charge in [-0.05, 0) is 36.6 Å². The standard InChI is InChI=1S/C13H11N3OS2/c1-7-6-18-13(15-7)16-12(17)11-5-8-4-9(14)2-3-10(8)19-11/h2-6H,14H2,1H3,(H,15,16,17). The Morgan fingerprint density at radius 3 is 2.95 bits per heavy atom. The summed E-state index contributed by atoms with van der Waals surface area (Å²) < 4.78 is 1.05. The first-order chi connectivity index (χ1) is 9.11. The number of hydrogen-bond acceptors (Lipinski definition) is 5. The highest BCUT2D eigenvalue weighted by atomic mass is 32.1. The number of benzene rings is 1. The lowest BCUT2D eigenvalue weighted by Crippen LogP contribution is -2.09. The van der Waals surface area contributed by atoms with E-state index in [1.807, 2.05) is 36.6 Å². The van der Waals surface area contributed by atoms with Gasteiger partial charge in [-0.3, -0.25) is 10.1 Å². The third-order valence-corrected chi connectivity index (χ3v) is 4.59. The number of thiophene rings is 1. The number of nitrogens with two attached hydrogens (primary N) is 1. The number of nitrogen functional groups attached to an aromatic ring is 1. The fourth-order valence-electron chi connectivity index (χ4n) is 1.74. The molecule has 0 saturated heterocycles. The van der Waals surface area contributed by atoms with Gasteiger partial charge >= 0.3 is 0 Å². The number of carbonyl (C=O) groups excluding carboxylic acids is 1. The summed E-state index contributed by atoms with van der Waals surface area (Å²) >= 11 is 2.87. The van der Waals surface area contributed by atoms with Crippen LogP contribution in [0, 0.1) is 6.92 Å². The van der Waals surface area contributed by atoms with E-state index in [1.54, 1.807) is 0 Å². The van der Waals surface area contributed by atoms with Crippen LogP contribution in [-0.4, -0.2) is 10.9 Å². The molecule has 0 radical (unpaired) electrons. The molecule has 96 valence electrons. The number of anilines is 2. The van der Waals surface area contributed by atoms with E-state index in [4.69, 9.17) is 5.73 Å². The number of hydrogen-bond donors (Lipinski definition) is 2. The zero-order valence-electron chi connectivity index (χ0n) is 10.1. The lowest BCUT2D eigenvalue weighted by atomic mass is 10.2. The summed E-state index contributed by atoms with van der Waals surface area (Å²) in [4.78, 5) is 17.0. The minimum Gasteiger partial charge on any atom is -0.399 e. The summed E-state index contributed by atoms with van der Waals surface area (Å²) in [5, 5.41) is 6.32. The zero-order chi connectivity index (χ0) is 13.4. The van der Waals surface area contributed by atoms with E-state index in [9.17, 15) is 4.79 Å². The Hall–Kier alpha value is -1.92. The summed E-state index contributed by atoms with van der Waals surface area (Å²) in [6, 6.07) is 7.49. The van der Waals surface area contributed by atoms with Crippen LogP contribution in [0.5, 0.6) is 0 Å². The molecule has 0 spiro atoms. The van der Waals surface area contributed by atoms with Crippen LogP contribution in [0.25, 0.3) is 10.1 Å². The van der Waals surface area contributed by atoms with Gasteiger partial charge in [-0.1, -0.05) is 0 Å². The van der Waals surface area contributed by atoms with Crippen molar-refractivity contribution in [1.82, 2.24) is 4.98 Å². The topological polar surface area (TPSA) is 68.0 Å². The first-order valence-electron chi connectivity index (χ1n) is 5.64. The number of rotatable bonds is 2. The van der Waals surface area contributed by atoms with Crippen molar-refractivity contribution < 1.29 is 4.79 Å². The number of aromatic nitrogens is 1. The average molecular weight is 289 g/mol. The van der Waals surface area contributed by atoms with Crippen molar-refractivity contribution >= 4 is 49.5 Å². The minimum atomic E-state index is -0.130. The molecule has 3 rings (SSSR count). The predicted octanol–water partition coefficient (Wildman–Crippen LogP) is 3.50. The van der Waals surface area contributed by atoms with Crippen molar-refractivity contribution in [2.24, 2.45) is 0 Å². The molecule has 0 bridgehead atoms. The van der Waals surface area contributed by atoms with Gasteiger partial charge in [0, 0.05) is 15.8 Å². The zero-order valence-corrected chi connectivity index (χ0v) is 11.8. The Bertz CT molecular complexity index is 760. The monoisotopic (exact) mass is 289 g/mol. The number of thiazole rings is 1. The second-order valence-electron chi connectivity index (χ2n) is 4.16. The lowest BCUT2D eigenvalue weighted by molar-refractivity contribution is 0.103. The molecule has 2 heterocycles. The molecule has 0 unspecified atom stereocenters. The molecule has 3 aromatic rings. The van der Waals surface area contributed by atoms with Crippen molar-refractivity contribution in [2.45, 2.75) is 6.92 Å². The van der Waals surface area contributed by atoms with E-state index in [0.29, 0.717) is 15.7 Å². The highest BCUT2D eigenvalue weighted by Crippen LogP contribution is 2.28. The van der Waals surface area contributed by atoms with Gasteiger partial charge in [0.05, 0.1) is 10.6 Å². The molecule has 0 aliphatic carbocycles. The van der Waals surface area contributed by atoms with Gasteiger partial charge in [-0.2, -0.15) is 0 Å². The van der Waals surface area contributed by atoms with Crippen LogP contribution < -0.4 is 11.1 Å². The van der Waals surface area contributed by atoms with Gasteiger partial charge in [0.1, 0.15) is 0 Å². The van der Waals surface area contributed by atoms with Gasteiger partial charge in [-0.25, -0.2) is 4.98 Å². The lowest BCUT2D eigenvalue weighted by Gasteiger charge is -1.97. The number of aryl methyl sites for hydroxylation is 1. The van der Waals surface area contributed by atoms with Crippen molar-refractivity contribution in [3.8, 4) is 0 Å². The van der Waals surface area contributed by atoms with Crippen LogP contribution in [-0.2, 0) is 0 Å². The van der Waals surface area contributed by atoms with Crippen molar-refractivity contribution in [3.05, 3.63) is 40.2 Å². The number of nitrogens with zero attached hydrogens (tertiary/aromatic N) is 1. The molecule has 19 heavy (non-hydrogen) atoms. The molecule has 1 aromatic carbocycles. The highest BCUT2D eigenvalue weighted by molar-refractivity contribution is 7.21. The molecule has 6 heteroatoms. The maximum atomic E-state index is 12.1. The third kappa shape index (κ3) is 2.45. The SMILES string of the molecule is Cc1csc(NC(=O)c2cc3cc(N)ccc3s2)n1. The van der Waals surface area contributed by atoms with Crippen LogP contribution >= 0.6 is 22.7 Å². The van der Waals surface area contributed by atoms with Crippen LogP contribution in [0.3, 0.4) is 0 Å². The number of carbonyl (C=O) groups is 1. The number of amides is 1. The molecule has 0 aliphatic rings. The van der Waals surface area contributed by atoms with Gasteiger partial charge in [0.2, 0.25) is 0 Å². The van der Waals surface area contributed by atoms with Crippen molar-refractivity contribution in [3.63, 3.8) is 0 Å². The quantitative estimate of drug-likeness (QED) is 0.709. The first kappa shape index (κ1) is 12.1. The molecule has 0 aliphatic heterocycles. The minimum absolute atomic E-state index is 0.130. The molecule has 4 nitrogen and oxygen atoms in total. The molecule has 2 aromatic heterocycles. The largest absolute Gasteiger partial charge is 0.399 e. The van der Waals surface area contributed by atoms with Crippen molar-refractivity contribution in [2.75, 3.05) is 11.1 Å². The van der Waals surface area contributed by atoms with E-state index in [-0.39, 0.29) is 5.91 Å². The van der Waals surface area contributed by atoms with Crippen LogP contribution in [0.2, 0.25) is 0 Å². The van der Waals surface area contributed by atoms with Gasteiger partial charge in [0.15, 0.2) is 5.13 Å². The van der Waals surface area contributed by atoms with Gasteiger partial charge < -0.3 is 5.73 Å². The molecule has 0 fully saturated rings. The number of fused-ring (bicyclic) bond motifs is 1. The molecule has 3 N–H and O–H groups in total. The Morgan fingerprint density at radius 2 is 2.21 bits per heavy atom. The average Bonchev–Trinajstić information content (AvgIpc) is 2.95. The summed E-state index contributed by atoms with van der Waals surface area (Å²) in [5.41, 5.74) is 7.34. The van der Waals surface area contributed by atoms with E-state index in [1.165, 1.54) is 22.7 Å². The second kappa shape index (κ2) is 4.64. The normalized spacial score (nSPS) is 10.8. The second-order valence-corrected chi connectivity index (χ2v) is 6.10. The molecule has 0 saturated carbocycles. The Labute approximate surface area is 117 Å². The van der Waals surface area contributed by atoms with Gasteiger partial charge in [0.25, 0.3) is 5.91 Å². The van der Waals surface area contributed by atoms with Crippen LogP contribution in [0.1, 0.15) is 15.4 Å². The maximum absolute atomic E-state index is 12.1. The smallest absolute Gasteiger partial charge is 0.267 e. The van der Waals surface area contributed by atoms with Crippen LogP contribution in [0.15, 0.2) is 29.6 Å². The highest BCUT2D eigenvalue weighted by Gasteiger charge is 2.12. The third-order valence-electron chi connectivity index (χ3n) is 2.60. The first-order valence-corrected chi connectivity index (χ1v) is 7.34.